The van der Waals surface area contributed by atoms with Crippen molar-refractivity contribution in [3.05, 3.63) is 52.1 Å². The van der Waals surface area contributed by atoms with Gasteiger partial charge >= 0.3 is 0 Å². The first-order valence-electron chi connectivity index (χ1n) is 7.39. The number of ether oxygens (including phenoxy) is 1. The average Bonchev–Trinajstić information content (AvgIpc) is 2.55. The third kappa shape index (κ3) is 4.76. The van der Waals surface area contributed by atoms with Gasteiger partial charge in [-0.05, 0) is 31.2 Å². The lowest BCUT2D eigenvalue weighted by atomic mass is 10.2. The Morgan fingerprint density at radius 2 is 2.08 bits per heavy atom. The monoisotopic (exact) mass is 367 g/mol. The van der Waals surface area contributed by atoms with Crippen LogP contribution in [0.5, 0.6) is 5.75 Å². The van der Waals surface area contributed by atoms with E-state index < -0.39 is 6.10 Å². The molecule has 1 aromatic carbocycles. The highest BCUT2D eigenvalue weighted by Crippen LogP contribution is 2.28. The Bertz CT molecular complexity index is 723. The quantitative estimate of drug-likeness (QED) is 0.848. The molecule has 0 radical (unpaired) electrons. The van der Waals surface area contributed by atoms with E-state index in [4.69, 9.17) is 27.9 Å². The van der Waals surface area contributed by atoms with Gasteiger partial charge in [-0.3, -0.25) is 4.79 Å². The second kappa shape index (κ2) is 8.22. The number of amides is 1. The maximum Gasteiger partial charge on any atom is 0.261 e. The third-order valence-electron chi connectivity index (χ3n) is 3.31. The average molecular weight is 368 g/mol. The molecule has 0 bridgehead atoms. The molecule has 1 unspecified atom stereocenters. The number of rotatable bonds is 6. The van der Waals surface area contributed by atoms with Gasteiger partial charge in [0.05, 0.1) is 5.02 Å². The van der Waals surface area contributed by atoms with Crippen LogP contribution in [0.15, 0.2) is 36.5 Å². The molecule has 1 aromatic heterocycles. The normalized spacial score (nSPS) is 11.7. The van der Waals surface area contributed by atoms with Crippen molar-refractivity contribution in [2.24, 2.45) is 0 Å². The topological polar surface area (TPSA) is 54.5 Å². The summed E-state index contributed by atoms with van der Waals surface area (Å²) in [5.41, 5.74) is 0.924. The van der Waals surface area contributed by atoms with Gasteiger partial charge in [-0.25, -0.2) is 4.98 Å². The van der Waals surface area contributed by atoms with E-state index in [1.54, 1.807) is 31.3 Å². The number of carbonyl (C=O) groups excluding carboxylic acids is 1. The van der Waals surface area contributed by atoms with Gasteiger partial charge in [0.25, 0.3) is 5.91 Å². The van der Waals surface area contributed by atoms with Crippen LogP contribution in [-0.2, 0) is 11.3 Å². The lowest BCUT2D eigenvalue weighted by Crippen LogP contribution is -2.36. The molecule has 5 nitrogen and oxygen atoms in total. The molecule has 0 aliphatic heterocycles. The minimum Gasteiger partial charge on any atom is -0.479 e. The zero-order valence-electron chi connectivity index (χ0n) is 13.7. The predicted octanol–water partition coefficient (Wildman–Crippen LogP) is 3.54. The van der Waals surface area contributed by atoms with E-state index in [2.05, 4.69) is 10.3 Å². The van der Waals surface area contributed by atoms with Crippen molar-refractivity contribution < 1.29 is 9.53 Å². The molecule has 1 N–H and O–H groups in total. The van der Waals surface area contributed by atoms with Crippen LogP contribution in [0.2, 0.25) is 10.0 Å². The lowest BCUT2D eigenvalue weighted by Gasteiger charge is -2.18. The molecule has 0 aliphatic rings. The predicted molar refractivity (Wildman–Crippen MR) is 97.0 cm³/mol. The molecule has 24 heavy (non-hydrogen) atoms. The summed E-state index contributed by atoms with van der Waals surface area (Å²) in [6.45, 7) is 2.03. The van der Waals surface area contributed by atoms with Gasteiger partial charge in [0.1, 0.15) is 11.6 Å². The van der Waals surface area contributed by atoms with Crippen molar-refractivity contribution in [3.8, 4) is 5.75 Å². The summed E-state index contributed by atoms with van der Waals surface area (Å²) >= 11 is 11.9. The van der Waals surface area contributed by atoms with E-state index in [1.807, 2.05) is 31.1 Å². The fourth-order valence-electron chi connectivity index (χ4n) is 2.11. The molecule has 0 saturated carbocycles. The minimum atomic E-state index is -0.692. The third-order valence-corrected chi connectivity index (χ3v) is 3.84. The minimum absolute atomic E-state index is 0.241. The summed E-state index contributed by atoms with van der Waals surface area (Å²) in [5.74, 6) is 0.987. The van der Waals surface area contributed by atoms with Crippen LogP contribution < -0.4 is 15.0 Å². The van der Waals surface area contributed by atoms with E-state index in [-0.39, 0.29) is 5.91 Å². The van der Waals surface area contributed by atoms with Crippen LogP contribution in [-0.4, -0.2) is 31.1 Å². The molecule has 1 amide bonds. The molecule has 0 aliphatic carbocycles. The number of halogens is 2. The molecule has 2 rings (SSSR count). The molecule has 0 saturated heterocycles. The summed E-state index contributed by atoms with van der Waals surface area (Å²) in [7, 11) is 3.81. The van der Waals surface area contributed by atoms with Crippen molar-refractivity contribution in [2.45, 2.75) is 19.6 Å². The standard InChI is InChI=1S/C17H19Cl2N3O2/c1-11(24-15-7-6-13(18)9-14(15)19)17(23)21-10-12-5-4-8-20-16(12)22(2)3/h4-9,11H,10H2,1-3H3,(H,21,23). The number of benzene rings is 1. The summed E-state index contributed by atoms with van der Waals surface area (Å²) in [6, 6.07) is 8.63. The first-order valence-corrected chi connectivity index (χ1v) is 8.14. The van der Waals surface area contributed by atoms with Crippen LogP contribution in [0.4, 0.5) is 5.82 Å². The Morgan fingerprint density at radius 3 is 2.75 bits per heavy atom. The summed E-state index contributed by atoms with van der Waals surface area (Å²) in [4.78, 5) is 18.4. The maximum atomic E-state index is 12.2. The zero-order valence-corrected chi connectivity index (χ0v) is 15.2. The fraction of sp³-hybridized carbons (Fsp3) is 0.294. The Kier molecular flexibility index (Phi) is 6.29. The first-order chi connectivity index (χ1) is 11.4. The second-order valence-electron chi connectivity index (χ2n) is 5.43. The molecule has 0 spiro atoms. The molecule has 7 heteroatoms. The Hall–Kier alpha value is -1.98. The highest BCUT2D eigenvalue weighted by molar-refractivity contribution is 6.35. The van der Waals surface area contributed by atoms with Crippen molar-refractivity contribution in [2.75, 3.05) is 19.0 Å². The van der Waals surface area contributed by atoms with Crippen molar-refractivity contribution in [1.82, 2.24) is 10.3 Å². The maximum absolute atomic E-state index is 12.2. The van der Waals surface area contributed by atoms with E-state index in [1.165, 1.54) is 0 Å². The summed E-state index contributed by atoms with van der Waals surface area (Å²) < 4.78 is 5.60. The second-order valence-corrected chi connectivity index (χ2v) is 6.28. The van der Waals surface area contributed by atoms with Gasteiger partial charge in [0, 0.05) is 37.4 Å². The molecule has 1 heterocycles. The van der Waals surface area contributed by atoms with E-state index in [0.717, 1.165) is 11.4 Å². The number of aromatic nitrogens is 1. The summed E-state index contributed by atoms with van der Waals surface area (Å²) in [5, 5.41) is 3.72. The van der Waals surface area contributed by atoms with Crippen molar-refractivity contribution in [1.29, 1.82) is 0 Å². The van der Waals surface area contributed by atoms with E-state index in [9.17, 15) is 4.79 Å². The number of anilines is 1. The number of carbonyl (C=O) groups is 1. The zero-order chi connectivity index (χ0) is 17.7. The van der Waals surface area contributed by atoms with Gasteiger partial charge in [-0.1, -0.05) is 29.3 Å². The molecule has 1 atom stereocenters. The highest BCUT2D eigenvalue weighted by atomic mass is 35.5. The highest BCUT2D eigenvalue weighted by Gasteiger charge is 2.17. The SMILES string of the molecule is CC(Oc1ccc(Cl)cc1Cl)C(=O)NCc1cccnc1N(C)C. The molecule has 2 aromatic rings. The first kappa shape index (κ1) is 18.4. The fourth-order valence-corrected chi connectivity index (χ4v) is 2.56. The molecule has 0 fully saturated rings. The van der Waals surface area contributed by atoms with Crippen molar-refractivity contribution in [3.63, 3.8) is 0 Å². The smallest absolute Gasteiger partial charge is 0.261 e. The van der Waals surface area contributed by atoms with Crippen LogP contribution in [0.1, 0.15) is 12.5 Å². The van der Waals surface area contributed by atoms with Gasteiger partial charge in [-0.15, -0.1) is 0 Å². The largest absolute Gasteiger partial charge is 0.479 e. The molecule has 128 valence electrons. The van der Waals surface area contributed by atoms with E-state index >= 15 is 0 Å². The lowest BCUT2D eigenvalue weighted by molar-refractivity contribution is -0.127. The molecular weight excluding hydrogens is 349 g/mol. The number of pyridine rings is 1. The molecular formula is C17H19Cl2N3O2. The van der Waals surface area contributed by atoms with Crippen LogP contribution in [0, 0.1) is 0 Å². The van der Waals surface area contributed by atoms with Gasteiger partial charge in [0.2, 0.25) is 0 Å². The van der Waals surface area contributed by atoms with Crippen LogP contribution >= 0.6 is 23.2 Å². The number of hydrogen-bond acceptors (Lipinski definition) is 4. The van der Waals surface area contributed by atoms with Crippen molar-refractivity contribution >= 4 is 34.9 Å². The van der Waals surface area contributed by atoms with Gasteiger partial charge in [0.15, 0.2) is 6.10 Å². The van der Waals surface area contributed by atoms with Gasteiger partial charge < -0.3 is 15.0 Å². The van der Waals surface area contributed by atoms with Crippen LogP contribution in [0.3, 0.4) is 0 Å². The number of hydrogen-bond donors (Lipinski definition) is 1. The Morgan fingerprint density at radius 1 is 1.33 bits per heavy atom. The van der Waals surface area contributed by atoms with Crippen LogP contribution in [0.25, 0.3) is 0 Å². The number of nitrogens with zero attached hydrogens (tertiary/aromatic N) is 2. The van der Waals surface area contributed by atoms with Gasteiger partial charge in [-0.2, -0.15) is 0 Å². The number of nitrogens with one attached hydrogen (secondary N) is 1. The Labute approximate surface area is 151 Å². The van der Waals surface area contributed by atoms with E-state index in [0.29, 0.717) is 22.3 Å². The summed E-state index contributed by atoms with van der Waals surface area (Å²) in [6.07, 6.45) is 1.03. The Balaban J connectivity index is 1.97.